The maximum atomic E-state index is 12.8. The standard InChI is InChI=1S/C20H22N6O2/c1-14-22-17(12-19(27)23-14)15-6-5-11-25(13-15)20(28)24-18-9-10-21-26(18)16-7-3-2-4-8-16/h2-4,7-10,12,15H,5-6,11,13H2,1H3,(H,24,28)(H,22,23,27)/t15-/m0/s1. The Morgan fingerprint density at radius 3 is 2.86 bits per heavy atom. The van der Waals surface area contributed by atoms with Gasteiger partial charge in [-0.2, -0.15) is 5.10 Å². The van der Waals surface area contributed by atoms with Gasteiger partial charge in [0.1, 0.15) is 11.6 Å². The van der Waals surface area contributed by atoms with Crippen LogP contribution in [0.4, 0.5) is 10.6 Å². The highest BCUT2D eigenvalue weighted by Crippen LogP contribution is 2.25. The number of carbonyl (C=O) groups excluding carboxylic acids is 1. The van der Waals surface area contributed by atoms with Gasteiger partial charge >= 0.3 is 6.03 Å². The summed E-state index contributed by atoms with van der Waals surface area (Å²) in [7, 11) is 0. The molecule has 8 heteroatoms. The summed E-state index contributed by atoms with van der Waals surface area (Å²) in [6.07, 6.45) is 3.43. The largest absolute Gasteiger partial charge is 0.324 e. The summed E-state index contributed by atoms with van der Waals surface area (Å²) in [5, 5.41) is 7.25. The van der Waals surface area contributed by atoms with Gasteiger partial charge in [-0.15, -0.1) is 0 Å². The van der Waals surface area contributed by atoms with Crippen molar-refractivity contribution in [3.05, 3.63) is 70.5 Å². The zero-order valence-electron chi connectivity index (χ0n) is 15.6. The fourth-order valence-corrected chi connectivity index (χ4v) is 3.58. The SMILES string of the molecule is Cc1nc([C@H]2CCCN(C(=O)Nc3ccnn3-c3ccccc3)C2)cc(=O)[nH]1. The molecule has 0 aliphatic carbocycles. The van der Waals surface area contributed by atoms with Gasteiger partial charge in [0.15, 0.2) is 0 Å². The third kappa shape index (κ3) is 3.80. The molecular weight excluding hydrogens is 356 g/mol. The van der Waals surface area contributed by atoms with Crippen LogP contribution in [0.3, 0.4) is 0 Å². The van der Waals surface area contributed by atoms with Gasteiger partial charge < -0.3 is 9.88 Å². The van der Waals surface area contributed by atoms with Gasteiger partial charge in [-0.25, -0.2) is 14.5 Å². The van der Waals surface area contributed by atoms with Crippen LogP contribution in [0.1, 0.15) is 30.3 Å². The first-order valence-electron chi connectivity index (χ1n) is 9.33. The first kappa shape index (κ1) is 18.0. The number of likely N-dealkylation sites (tertiary alicyclic amines) is 1. The number of carbonyl (C=O) groups is 1. The number of H-pyrrole nitrogens is 1. The van der Waals surface area contributed by atoms with Crippen LogP contribution in [-0.4, -0.2) is 43.8 Å². The Bertz CT molecular complexity index is 1030. The highest BCUT2D eigenvalue weighted by atomic mass is 16.2. The Kier molecular flexibility index (Phi) is 4.92. The van der Waals surface area contributed by atoms with Gasteiger partial charge in [0.25, 0.3) is 5.56 Å². The number of hydrogen-bond donors (Lipinski definition) is 2. The summed E-state index contributed by atoms with van der Waals surface area (Å²) in [4.78, 5) is 33.5. The zero-order chi connectivity index (χ0) is 19.5. The number of hydrogen-bond acceptors (Lipinski definition) is 4. The van der Waals surface area contributed by atoms with Crippen LogP contribution in [0.5, 0.6) is 0 Å². The second-order valence-corrected chi connectivity index (χ2v) is 6.93. The van der Waals surface area contributed by atoms with Crippen molar-refractivity contribution >= 4 is 11.8 Å². The van der Waals surface area contributed by atoms with Crippen LogP contribution in [0.2, 0.25) is 0 Å². The van der Waals surface area contributed by atoms with E-state index in [1.807, 2.05) is 30.3 Å². The molecule has 4 rings (SSSR count). The summed E-state index contributed by atoms with van der Waals surface area (Å²) in [6.45, 7) is 2.97. The minimum Gasteiger partial charge on any atom is -0.324 e. The van der Waals surface area contributed by atoms with E-state index in [0.29, 0.717) is 24.7 Å². The summed E-state index contributed by atoms with van der Waals surface area (Å²) in [5.74, 6) is 1.26. The average Bonchev–Trinajstić information content (AvgIpc) is 3.16. The third-order valence-electron chi connectivity index (χ3n) is 4.89. The van der Waals surface area contributed by atoms with Crippen LogP contribution in [0.25, 0.3) is 5.69 Å². The molecule has 3 heterocycles. The van der Waals surface area contributed by atoms with Crippen molar-refractivity contribution in [2.45, 2.75) is 25.7 Å². The number of anilines is 1. The number of aryl methyl sites for hydroxylation is 1. The molecule has 0 bridgehead atoms. The molecule has 1 aromatic carbocycles. The Labute approximate surface area is 162 Å². The number of para-hydroxylation sites is 1. The quantitative estimate of drug-likeness (QED) is 0.732. The molecule has 28 heavy (non-hydrogen) atoms. The van der Waals surface area contributed by atoms with Crippen LogP contribution in [0, 0.1) is 6.92 Å². The lowest BCUT2D eigenvalue weighted by molar-refractivity contribution is 0.192. The lowest BCUT2D eigenvalue weighted by Gasteiger charge is -2.32. The zero-order valence-corrected chi connectivity index (χ0v) is 15.6. The third-order valence-corrected chi connectivity index (χ3v) is 4.89. The predicted octanol–water partition coefficient (Wildman–Crippen LogP) is 2.68. The molecular formula is C20H22N6O2. The van der Waals surface area contributed by atoms with Crippen molar-refractivity contribution in [3.63, 3.8) is 0 Å². The molecule has 0 radical (unpaired) electrons. The number of aromatic nitrogens is 4. The van der Waals surface area contributed by atoms with Gasteiger partial charge in [0.05, 0.1) is 17.6 Å². The summed E-state index contributed by atoms with van der Waals surface area (Å²) in [5.41, 5.74) is 1.46. The fraction of sp³-hybridized carbons (Fsp3) is 0.300. The van der Waals surface area contributed by atoms with Crippen molar-refractivity contribution in [2.24, 2.45) is 0 Å². The molecule has 1 aliphatic rings. The van der Waals surface area contributed by atoms with E-state index >= 15 is 0 Å². The number of benzene rings is 1. The summed E-state index contributed by atoms with van der Waals surface area (Å²) >= 11 is 0. The van der Waals surface area contributed by atoms with Crippen molar-refractivity contribution in [3.8, 4) is 5.69 Å². The minimum absolute atomic E-state index is 0.0551. The number of amides is 2. The lowest BCUT2D eigenvalue weighted by Crippen LogP contribution is -2.42. The molecule has 2 N–H and O–H groups in total. The van der Waals surface area contributed by atoms with Crippen molar-refractivity contribution < 1.29 is 4.79 Å². The number of piperidine rings is 1. The molecule has 1 atom stereocenters. The molecule has 1 fully saturated rings. The lowest BCUT2D eigenvalue weighted by atomic mass is 9.94. The first-order valence-corrected chi connectivity index (χ1v) is 9.33. The van der Waals surface area contributed by atoms with Crippen molar-refractivity contribution in [1.29, 1.82) is 0 Å². The number of urea groups is 1. The first-order chi connectivity index (χ1) is 13.6. The molecule has 8 nitrogen and oxygen atoms in total. The van der Waals surface area contributed by atoms with E-state index in [1.54, 1.807) is 28.8 Å². The monoisotopic (exact) mass is 378 g/mol. The van der Waals surface area contributed by atoms with Crippen molar-refractivity contribution in [1.82, 2.24) is 24.6 Å². The molecule has 144 valence electrons. The Morgan fingerprint density at radius 1 is 1.25 bits per heavy atom. The molecule has 0 saturated carbocycles. The van der Waals surface area contributed by atoms with E-state index in [9.17, 15) is 9.59 Å². The average molecular weight is 378 g/mol. The molecule has 2 amide bonds. The smallest absolute Gasteiger partial charge is 0.323 e. The number of nitrogens with one attached hydrogen (secondary N) is 2. The van der Waals surface area contributed by atoms with E-state index in [0.717, 1.165) is 24.2 Å². The van der Waals surface area contributed by atoms with Crippen LogP contribution < -0.4 is 10.9 Å². The normalized spacial score (nSPS) is 16.8. The minimum atomic E-state index is -0.177. The van der Waals surface area contributed by atoms with E-state index in [2.05, 4.69) is 20.4 Å². The van der Waals surface area contributed by atoms with Crippen LogP contribution in [-0.2, 0) is 0 Å². The second-order valence-electron chi connectivity index (χ2n) is 6.93. The number of rotatable bonds is 3. The summed E-state index contributed by atoms with van der Waals surface area (Å²) < 4.78 is 1.70. The number of nitrogens with zero attached hydrogens (tertiary/aromatic N) is 4. The van der Waals surface area contributed by atoms with Gasteiger partial charge in [-0.05, 0) is 31.9 Å². The van der Waals surface area contributed by atoms with Crippen molar-refractivity contribution in [2.75, 3.05) is 18.4 Å². The maximum Gasteiger partial charge on any atom is 0.323 e. The Hall–Kier alpha value is -3.42. The Morgan fingerprint density at radius 2 is 2.07 bits per heavy atom. The molecule has 1 aliphatic heterocycles. The van der Waals surface area contributed by atoms with Gasteiger partial charge in [-0.1, -0.05) is 18.2 Å². The number of aromatic amines is 1. The topological polar surface area (TPSA) is 95.9 Å². The van der Waals surface area contributed by atoms with E-state index in [1.165, 1.54) is 6.07 Å². The maximum absolute atomic E-state index is 12.8. The highest BCUT2D eigenvalue weighted by Gasteiger charge is 2.26. The molecule has 1 saturated heterocycles. The van der Waals surface area contributed by atoms with E-state index in [-0.39, 0.29) is 17.5 Å². The second kappa shape index (κ2) is 7.67. The van der Waals surface area contributed by atoms with Gasteiger partial charge in [-0.3, -0.25) is 10.1 Å². The van der Waals surface area contributed by atoms with Gasteiger partial charge in [0.2, 0.25) is 0 Å². The summed E-state index contributed by atoms with van der Waals surface area (Å²) in [6, 6.07) is 12.8. The molecule has 0 unspecified atom stereocenters. The van der Waals surface area contributed by atoms with Crippen LogP contribution >= 0.6 is 0 Å². The molecule has 2 aromatic heterocycles. The fourth-order valence-electron chi connectivity index (χ4n) is 3.58. The Balaban J connectivity index is 1.49. The van der Waals surface area contributed by atoms with E-state index < -0.39 is 0 Å². The van der Waals surface area contributed by atoms with Gasteiger partial charge in [0, 0.05) is 31.1 Å². The van der Waals surface area contributed by atoms with Crippen LogP contribution in [0.15, 0.2) is 53.5 Å². The predicted molar refractivity (Wildman–Crippen MR) is 106 cm³/mol. The molecule has 0 spiro atoms. The molecule has 3 aromatic rings. The van der Waals surface area contributed by atoms with E-state index in [4.69, 9.17) is 0 Å². The highest BCUT2D eigenvalue weighted by molar-refractivity contribution is 5.88.